The number of rotatable bonds is 4. The van der Waals surface area contributed by atoms with Crippen LogP contribution in [0.25, 0.3) is 0 Å². The van der Waals surface area contributed by atoms with Crippen LogP contribution in [0, 0.1) is 0 Å². The highest BCUT2D eigenvalue weighted by atomic mass is 32.1. The van der Waals surface area contributed by atoms with Crippen LogP contribution in [0.15, 0.2) is 36.0 Å². The van der Waals surface area contributed by atoms with E-state index in [0.29, 0.717) is 6.10 Å². The lowest BCUT2D eigenvalue weighted by Gasteiger charge is -2.10. The summed E-state index contributed by atoms with van der Waals surface area (Å²) in [6, 6.07) is 7.66. The van der Waals surface area contributed by atoms with E-state index in [1.54, 1.807) is 11.7 Å². The summed E-state index contributed by atoms with van der Waals surface area (Å²) in [5.74, 6) is 0.841. The van der Waals surface area contributed by atoms with Gasteiger partial charge in [0.05, 0.1) is 16.5 Å². The molecular weight excluding hydrogens is 234 g/mol. The van der Waals surface area contributed by atoms with E-state index < -0.39 is 6.10 Å². The molecule has 3 rings (SSSR count). The van der Waals surface area contributed by atoms with E-state index in [-0.39, 0.29) is 0 Å². The summed E-state index contributed by atoms with van der Waals surface area (Å²) in [6.45, 7) is 0. The molecule has 0 aliphatic heterocycles. The molecule has 1 heterocycles. The van der Waals surface area contributed by atoms with E-state index >= 15 is 0 Å². The first-order chi connectivity index (χ1) is 8.33. The largest absolute Gasteiger partial charge is 0.490 e. The Balaban J connectivity index is 1.81. The van der Waals surface area contributed by atoms with Gasteiger partial charge in [-0.15, -0.1) is 11.3 Å². The van der Waals surface area contributed by atoms with Crippen molar-refractivity contribution in [3.63, 3.8) is 0 Å². The lowest BCUT2D eigenvalue weighted by molar-refractivity contribution is 0.222. The molecule has 17 heavy (non-hydrogen) atoms. The molecule has 0 spiro atoms. The molecule has 0 radical (unpaired) electrons. The van der Waals surface area contributed by atoms with E-state index in [1.807, 2.05) is 24.3 Å². The van der Waals surface area contributed by atoms with E-state index in [2.05, 4.69) is 4.98 Å². The Hall–Kier alpha value is -1.39. The van der Waals surface area contributed by atoms with E-state index in [0.717, 1.165) is 29.0 Å². The molecule has 0 amide bonds. The van der Waals surface area contributed by atoms with Crippen LogP contribution in [0.1, 0.15) is 29.4 Å². The number of ether oxygens (including phenoxy) is 1. The third kappa shape index (κ3) is 2.48. The smallest absolute Gasteiger partial charge is 0.120 e. The Bertz CT molecular complexity index is 494. The molecule has 4 heteroatoms. The summed E-state index contributed by atoms with van der Waals surface area (Å²) >= 11 is 1.46. The fraction of sp³-hybridized carbons (Fsp3) is 0.308. The SMILES string of the molecule is OC(c1cccc(OC2CC2)c1)c1cncs1. The zero-order chi connectivity index (χ0) is 11.7. The normalized spacial score (nSPS) is 16.8. The minimum absolute atomic E-state index is 0.380. The van der Waals surface area contributed by atoms with Crippen LogP contribution in [0.5, 0.6) is 5.75 Å². The highest BCUT2D eigenvalue weighted by Gasteiger charge is 2.23. The van der Waals surface area contributed by atoms with Gasteiger partial charge in [-0.25, -0.2) is 0 Å². The highest BCUT2D eigenvalue weighted by Crippen LogP contribution is 2.30. The molecule has 1 aromatic carbocycles. The number of aliphatic hydroxyl groups excluding tert-OH is 1. The lowest BCUT2D eigenvalue weighted by Crippen LogP contribution is -2.00. The molecule has 88 valence electrons. The number of benzene rings is 1. The third-order valence-corrected chi connectivity index (χ3v) is 3.55. The molecule has 3 nitrogen and oxygen atoms in total. The van der Waals surface area contributed by atoms with Gasteiger partial charge in [0, 0.05) is 6.20 Å². The average molecular weight is 247 g/mol. The molecule has 1 N–H and O–H groups in total. The molecule has 1 saturated carbocycles. The van der Waals surface area contributed by atoms with Crippen LogP contribution in [-0.4, -0.2) is 16.2 Å². The summed E-state index contributed by atoms with van der Waals surface area (Å²) in [5, 5.41) is 10.2. The predicted molar refractivity (Wildman–Crippen MR) is 66.3 cm³/mol. The molecule has 1 unspecified atom stereocenters. The first kappa shape index (κ1) is 10.7. The van der Waals surface area contributed by atoms with E-state index in [4.69, 9.17) is 4.74 Å². The van der Waals surface area contributed by atoms with Crippen molar-refractivity contribution >= 4 is 11.3 Å². The molecule has 0 bridgehead atoms. The maximum Gasteiger partial charge on any atom is 0.120 e. The number of hydrogen-bond donors (Lipinski definition) is 1. The van der Waals surface area contributed by atoms with Crippen LogP contribution in [0.3, 0.4) is 0 Å². The topological polar surface area (TPSA) is 42.4 Å². The maximum absolute atomic E-state index is 10.2. The first-order valence-electron chi connectivity index (χ1n) is 5.66. The summed E-state index contributed by atoms with van der Waals surface area (Å²) in [6.07, 6.45) is 3.75. The second-order valence-corrected chi connectivity index (χ2v) is 5.11. The van der Waals surface area contributed by atoms with Crippen molar-refractivity contribution in [2.75, 3.05) is 0 Å². The van der Waals surface area contributed by atoms with Crippen molar-refractivity contribution in [1.82, 2.24) is 4.98 Å². The quantitative estimate of drug-likeness (QED) is 0.903. The van der Waals surface area contributed by atoms with Gasteiger partial charge in [0.1, 0.15) is 11.9 Å². The van der Waals surface area contributed by atoms with Gasteiger partial charge >= 0.3 is 0 Å². The average Bonchev–Trinajstić information content (AvgIpc) is 2.99. The number of hydrogen-bond acceptors (Lipinski definition) is 4. The Morgan fingerprint density at radius 1 is 1.41 bits per heavy atom. The molecule has 1 aliphatic rings. The minimum atomic E-state index is -0.606. The van der Waals surface area contributed by atoms with Gasteiger partial charge in [0.15, 0.2) is 0 Å². The van der Waals surface area contributed by atoms with Crippen molar-refractivity contribution < 1.29 is 9.84 Å². The zero-order valence-corrected chi connectivity index (χ0v) is 10.1. The van der Waals surface area contributed by atoms with Crippen LogP contribution in [0.4, 0.5) is 0 Å². The molecular formula is C13H13NO2S. The molecule has 1 atom stereocenters. The van der Waals surface area contributed by atoms with Crippen molar-refractivity contribution in [2.45, 2.75) is 25.0 Å². The van der Waals surface area contributed by atoms with Gasteiger partial charge in [-0.1, -0.05) is 12.1 Å². The molecule has 1 aromatic heterocycles. The van der Waals surface area contributed by atoms with Crippen molar-refractivity contribution in [3.05, 3.63) is 46.4 Å². The molecule has 2 aromatic rings. The fourth-order valence-electron chi connectivity index (χ4n) is 1.66. The standard InChI is InChI=1S/C13H13NO2S/c15-13(12-7-14-8-17-12)9-2-1-3-11(6-9)16-10-4-5-10/h1-3,6-8,10,13,15H,4-5H2. The summed E-state index contributed by atoms with van der Waals surface area (Å²) in [5.41, 5.74) is 2.58. The second kappa shape index (κ2) is 4.47. The van der Waals surface area contributed by atoms with Crippen LogP contribution < -0.4 is 4.74 Å². The summed E-state index contributed by atoms with van der Waals surface area (Å²) in [4.78, 5) is 4.83. The Morgan fingerprint density at radius 3 is 3.00 bits per heavy atom. The van der Waals surface area contributed by atoms with Crippen molar-refractivity contribution in [1.29, 1.82) is 0 Å². The van der Waals surface area contributed by atoms with Gasteiger partial charge in [-0.2, -0.15) is 0 Å². The van der Waals surface area contributed by atoms with Crippen molar-refractivity contribution in [3.8, 4) is 5.75 Å². The van der Waals surface area contributed by atoms with Crippen LogP contribution in [-0.2, 0) is 0 Å². The predicted octanol–water partition coefficient (Wildman–Crippen LogP) is 2.77. The van der Waals surface area contributed by atoms with Gasteiger partial charge in [-0.05, 0) is 30.5 Å². The van der Waals surface area contributed by atoms with Gasteiger partial charge in [0.2, 0.25) is 0 Å². The Morgan fingerprint density at radius 2 is 2.29 bits per heavy atom. The summed E-state index contributed by atoms with van der Waals surface area (Å²) in [7, 11) is 0. The van der Waals surface area contributed by atoms with Gasteiger partial charge in [-0.3, -0.25) is 4.98 Å². The second-order valence-electron chi connectivity index (χ2n) is 4.20. The van der Waals surface area contributed by atoms with Crippen LogP contribution >= 0.6 is 11.3 Å². The highest BCUT2D eigenvalue weighted by molar-refractivity contribution is 7.09. The van der Waals surface area contributed by atoms with Crippen LogP contribution in [0.2, 0.25) is 0 Å². The number of thiazole rings is 1. The Kier molecular flexibility index (Phi) is 2.82. The number of aromatic nitrogens is 1. The monoisotopic (exact) mass is 247 g/mol. The zero-order valence-electron chi connectivity index (χ0n) is 9.24. The number of nitrogens with zero attached hydrogens (tertiary/aromatic N) is 1. The number of aliphatic hydroxyl groups is 1. The summed E-state index contributed by atoms with van der Waals surface area (Å²) < 4.78 is 5.71. The third-order valence-electron chi connectivity index (χ3n) is 2.72. The maximum atomic E-state index is 10.2. The first-order valence-corrected chi connectivity index (χ1v) is 6.54. The van der Waals surface area contributed by atoms with E-state index in [1.165, 1.54) is 11.3 Å². The van der Waals surface area contributed by atoms with Gasteiger partial charge in [0.25, 0.3) is 0 Å². The molecule has 1 fully saturated rings. The van der Waals surface area contributed by atoms with Gasteiger partial charge < -0.3 is 9.84 Å². The fourth-order valence-corrected chi connectivity index (χ4v) is 2.29. The minimum Gasteiger partial charge on any atom is -0.490 e. The molecule has 1 aliphatic carbocycles. The lowest BCUT2D eigenvalue weighted by atomic mass is 10.1. The Labute approximate surface area is 104 Å². The van der Waals surface area contributed by atoms with Crippen molar-refractivity contribution in [2.24, 2.45) is 0 Å². The van der Waals surface area contributed by atoms with E-state index in [9.17, 15) is 5.11 Å². The molecule has 0 saturated heterocycles.